The second kappa shape index (κ2) is 7.67. The van der Waals surface area contributed by atoms with Gasteiger partial charge in [-0.3, -0.25) is 4.79 Å². The summed E-state index contributed by atoms with van der Waals surface area (Å²) in [5.41, 5.74) is 0.532. The molecule has 1 amide bonds. The zero-order valence-corrected chi connectivity index (χ0v) is 13.3. The predicted molar refractivity (Wildman–Crippen MR) is 83.6 cm³/mol. The topological polar surface area (TPSA) is 59.9 Å². The summed E-state index contributed by atoms with van der Waals surface area (Å²) in [7, 11) is 0. The van der Waals surface area contributed by atoms with Crippen LogP contribution < -0.4 is 10.1 Å². The fraction of sp³-hybridized carbons (Fsp3) is 0.500. The van der Waals surface area contributed by atoms with Crippen LogP contribution >= 0.6 is 0 Å². The molecular formula is C16H24N2O3. The van der Waals surface area contributed by atoms with Gasteiger partial charge in [-0.25, -0.2) is 0 Å². The van der Waals surface area contributed by atoms with E-state index in [0.29, 0.717) is 0 Å². The molecule has 0 aliphatic carbocycles. The molecule has 1 aromatic carbocycles. The van der Waals surface area contributed by atoms with Gasteiger partial charge in [0.2, 0.25) is 0 Å². The third kappa shape index (κ3) is 7.34. The Bertz CT molecular complexity index is 491. The number of benzene rings is 1. The molecule has 0 saturated carbocycles. The average Bonchev–Trinajstić information content (AvgIpc) is 2.33. The number of carbonyl (C=O) groups excluding carboxylic acids is 1. The first-order valence-electron chi connectivity index (χ1n) is 7.00. The monoisotopic (exact) mass is 292 g/mol. The molecular weight excluding hydrogens is 268 g/mol. The van der Waals surface area contributed by atoms with E-state index < -0.39 is 0 Å². The number of oxime groups is 1. The van der Waals surface area contributed by atoms with Crippen LogP contribution in [0.2, 0.25) is 0 Å². The number of rotatable bonds is 6. The van der Waals surface area contributed by atoms with Crippen molar-refractivity contribution in [2.45, 2.75) is 46.3 Å². The number of hydrogen-bond acceptors (Lipinski definition) is 4. The SMILES string of the molecule is CC(C)Oc1ccccc1/C=N/OCC(=O)NC(C)(C)C. The van der Waals surface area contributed by atoms with E-state index in [0.717, 1.165) is 11.3 Å². The lowest BCUT2D eigenvalue weighted by Crippen LogP contribution is -2.42. The molecule has 0 spiro atoms. The molecule has 116 valence electrons. The summed E-state index contributed by atoms with van der Waals surface area (Å²) in [6, 6.07) is 7.53. The van der Waals surface area contributed by atoms with Crippen LogP contribution in [0.3, 0.4) is 0 Å². The first-order chi connectivity index (χ1) is 9.78. The highest BCUT2D eigenvalue weighted by Gasteiger charge is 2.13. The fourth-order valence-corrected chi connectivity index (χ4v) is 1.59. The van der Waals surface area contributed by atoms with Gasteiger partial charge in [0.15, 0.2) is 6.61 Å². The Morgan fingerprint density at radius 2 is 2.00 bits per heavy atom. The van der Waals surface area contributed by atoms with E-state index in [1.54, 1.807) is 6.21 Å². The number of amides is 1. The molecule has 0 aliphatic heterocycles. The number of hydrogen-bond donors (Lipinski definition) is 1. The third-order valence-electron chi connectivity index (χ3n) is 2.26. The Kier molecular flexibility index (Phi) is 6.21. The minimum Gasteiger partial charge on any atom is -0.490 e. The fourth-order valence-electron chi connectivity index (χ4n) is 1.59. The Morgan fingerprint density at radius 1 is 1.33 bits per heavy atom. The van der Waals surface area contributed by atoms with E-state index >= 15 is 0 Å². The van der Waals surface area contributed by atoms with E-state index in [4.69, 9.17) is 9.57 Å². The van der Waals surface area contributed by atoms with Crippen LogP contribution in [-0.2, 0) is 9.63 Å². The van der Waals surface area contributed by atoms with E-state index in [1.165, 1.54) is 0 Å². The summed E-state index contributed by atoms with van der Waals surface area (Å²) >= 11 is 0. The van der Waals surface area contributed by atoms with Crippen LogP contribution in [0.4, 0.5) is 0 Å². The molecule has 0 fully saturated rings. The zero-order valence-electron chi connectivity index (χ0n) is 13.3. The van der Waals surface area contributed by atoms with Gasteiger partial charge >= 0.3 is 0 Å². The molecule has 21 heavy (non-hydrogen) atoms. The van der Waals surface area contributed by atoms with Crippen molar-refractivity contribution < 1.29 is 14.4 Å². The average molecular weight is 292 g/mol. The van der Waals surface area contributed by atoms with Gasteiger partial charge in [-0.05, 0) is 46.8 Å². The summed E-state index contributed by atoms with van der Waals surface area (Å²) in [6.07, 6.45) is 1.63. The molecule has 0 radical (unpaired) electrons. The molecule has 0 aliphatic rings. The molecule has 1 N–H and O–H groups in total. The molecule has 1 aromatic rings. The number of ether oxygens (including phenoxy) is 1. The van der Waals surface area contributed by atoms with Crippen molar-refractivity contribution in [2.75, 3.05) is 6.61 Å². The normalized spacial score (nSPS) is 11.7. The lowest BCUT2D eigenvalue weighted by atomic mass is 10.1. The Balaban J connectivity index is 2.52. The number of nitrogens with one attached hydrogen (secondary N) is 1. The van der Waals surface area contributed by atoms with E-state index in [1.807, 2.05) is 58.9 Å². The number of nitrogens with zero attached hydrogens (tertiary/aromatic N) is 1. The van der Waals surface area contributed by atoms with E-state index in [2.05, 4.69) is 10.5 Å². The summed E-state index contributed by atoms with van der Waals surface area (Å²) < 4.78 is 5.66. The van der Waals surface area contributed by atoms with Crippen molar-refractivity contribution in [3.05, 3.63) is 29.8 Å². The Hall–Kier alpha value is -2.04. The van der Waals surface area contributed by atoms with Gasteiger partial charge in [-0.15, -0.1) is 0 Å². The Labute approximate surface area is 126 Å². The molecule has 0 aromatic heterocycles. The van der Waals surface area contributed by atoms with Crippen molar-refractivity contribution in [3.63, 3.8) is 0 Å². The predicted octanol–water partition coefficient (Wildman–Crippen LogP) is 2.74. The van der Waals surface area contributed by atoms with Crippen molar-refractivity contribution in [2.24, 2.45) is 5.16 Å². The zero-order chi connectivity index (χ0) is 15.9. The number of para-hydroxylation sites is 1. The summed E-state index contributed by atoms with van der Waals surface area (Å²) in [5, 5.41) is 6.61. The van der Waals surface area contributed by atoms with Gasteiger partial charge in [0.1, 0.15) is 5.75 Å². The summed E-state index contributed by atoms with van der Waals surface area (Å²) in [5.74, 6) is 0.533. The largest absolute Gasteiger partial charge is 0.490 e. The van der Waals surface area contributed by atoms with Crippen LogP contribution in [0.1, 0.15) is 40.2 Å². The third-order valence-corrected chi connectivity index (χ3v) is 2.26. The highest BCUT2D eigenvalue weighted by molar-refractivity contribution is 5.83. The van der Waals surface area contributed by atoms with Crippen molar-refractivity contribution >= 4 is 12.1 Å². The van der Waals surface area contributed by atoms with Crippen LogP contribution in [0.15, 0.2) is 29.4 Å². The summed E-state index contributed by atoms with van der Waals surface area (Å²) in [6.45, 7) is 9.54. The van der Waals surface area contributed by atoms with Crippen LogP contribution in [0.25, 0.3) is 0 Å². The minimum absolute atomic E-state index is 0.0815. The van der Waals surface area contributed by atoms with Gasteiger partial charge in [0.05, 0.1) is 12.3 Å². The maximum Gasteiger partial charge on any atom is 0.261 e. The lowest BCUT2D eigenvalue weighted by Gasteiger charge is -2.19. The molecule has 5 heteroatoms. The summed E-state index contributed by atoms with van der Waals surface area (Å²) in [4.78, 5) is 16.6. The molecule has 0 saturated heterocycles. The smallest absolute Gasteiger partial charge is 0.261 e. The van der Waals surface area contributed by atoms with Gasteiger partial charge in [0, 0.05) is 11.1 Å². The maximum atomic E-state index is 11.5. The van der Waals surface area contributed by atoms with Gasteiger partial charge in [-0.2, -0.15) is 0 Å². The van der Waals surface area contributed by atoms with Crippen LogP contribution in [0.5, 0.6) is 5.75 Å². The Morgan fingerprint density at radius 3 is 2.62 bits per heavy atom. The quantitative estimate of drug-likeness (QED) is 0.648. The molecule has 0 bridgehead atoms. The number of carbonyl (C=O) groups is 1. The maximum absolute atomic E-state index is 11.5. The van der Waals surface area contributed by atoms with E-state index in [9.17, 15) is 4.79 Å². The first kappa shape index (κ1) is 17.0. The standard InChI is InChI=1S/C16H24N2O3/c1-12(2)21-14-9-7-6-8-13(14)10-17-20-11-15(19)18-16(3,4)5/h6-10,12H,11H2,1-5H3,(H,18,19)/b17-10+. The second-order valence-corrected chi connectivity index (χ2v) is 6.01. The van der Waals surface area contributed by atoms with E-state index in [-0.39, 0.29) is 24.2 Å². The second-order valence-electron chi connectivity index (χ2n) is 6.01. The van der Waals surface area contributed by atoms with Crippen molar-refractivity contribution in [1.82, 2.24) is 5.32 Å². The molecule has 5 nitrogen and oxygen atoms in total. The van der Waals surface area contributed by atoms with Gasteiger partial charge in [-0.1, -0.05) is 17.3 Å². The van der Waals surface area contributed by atoms with Crippen LogP contribution in [0, 0.1) is 0 Å². The molecule has 0 unspecified atom stereocenters. The first-order valence-corrected chi connectivity index (χ1v) is 7.00. The lowest BCUT2D eigenvalue weighted by molar-refractivity contribution is -0.127. The minimum atomic E-state index is -0.276. The highest BCUT2D eigenvalue weighted by Crippen LogP contribution is 2.17. The molecule has 0 atom stereocenters. The van der Waals surface area contributed by atoms with Crippen molar-refractivity contribution in [1.29, 1.82) is 0 Å². The molecule has 0 heterocycles. The van der Waals surface area contributed by atoms with Gasteiger partial charge in [0.25, 0.3) is 5.91 Å². The molecule has 1 rings (SSSR count). The van der Waals surface area contributed by atoms with Crippen molar-refractivity contribution in [3.8, 4) is 5.75 Å². The van der Waals surface area contributed by atoms with Crippen LogP contribution in [-0.4, -0.2) is 30.4 Å². The van der Waals surface area contributed by atoms with Gasteiger partial charge < -0.3 is 14.9 Å². The highest BCUT2D eigenvalue weighted by atomic mass is 16.6.